The van der Waals surface area contributed by atoms with Crippen LogP contribution in [0.25, 0.3) is 0 Å². The van der Waals surface area contributed by atoms with Gasteiger partial charge in [0, 0.05) is 6.54 Å². The van der Waals surface area contributed by atoms with E-state index in [0.29, 0.717) is 6.54 Å². The predicted octanol–water partition coefficient (Wildman–Crippen LogP) is 2.87. The summed E-state index contributed by atoms with van der Waals surface area (Å²) in [5, 5.41) is 2.96. The highest BCUT2D eigenvalue weighted by Crippen LogP contribution is 2.20. The van der Waals surface area contributed by atoms with Gasteiger partial charge in [-0.15, -0.1) is 0 Å². The Labute approximate surface area is 121 Å². The molecule has 1 aliphatic rings. The number of allylic oxidation sites excluding steroid dienone is 1. The second-order valence-corrected chi connectivity index (χ2v) is 5.68. The van der Waals surface area contributed by atoms with Gasteiger partial charge in [-0.1, -0.05) is 42.0 Å². The lowest BCUT2D eigenvalue weighted by Crippen LogP contribution is -2.49. The zero-order chi connectivity index (χ0) is 14.4. The maximum absolute atomic E-state index is 12.3. The van der Waals surface area contributed by atoms with Gasteiger partial charge in [0.2, 0.25) is 5.91 Å². The fraction of sp³-hybridized carbons (Fsp3) is 0.471. The Kier molecular flexibility index (Phi) is 4.96. The molecule has 1 aliphatic carbocycles. The summed E-state index contributed by atoms with van der Waals surface area (Å²) in [6, 6.07) is 9.51. The SMILES string of the molecule is CC(N)(C(=O)NCCC1=CCCCC1)c1ccccc1. The van der Waals surface area contributed by atoms with Crippen LogP contribution in [0.4, 0.5) is 0 Å². The van der Waals surface area contributed by atoms with Gasteiger partial charge >= 0.3 is 0 Å². The molecule has 3 N–H and O–H groups in total. The molecule has 0 saturated heterocycles. The van der Waals surface area contributed by atoms with Gasteiger partial charge in [0.15, 0.2) is 0 Å². The van der Waals surface area contributed by atoms with Gasteiger partial charge in [-0.25, -0.2) is 0 Å². The highest BCUT2D eigenvalue weighted by Gasteiger charge is 2.29. The zero-order valence-corrected chi connectivity index (χ0v) is 12.2. The topological polar surface area (TPSA) is 55.1 Å². The van der Waals surface area contributed by atoms with Gasteiger partial charge in [-0.05, 0) is 44.6 Å². The maximum Gasteiger partial charge on any atom is 0.244 e. The first-order valence-corrected chi connectivity index (χ1v) is 7.41. The molecule has 1 atom stereocenters. The molecule has 3 nitrogen and oxygen atoms in total. The maximum atomic E-state index is 12.3. The summed E-state index contributed by atoms with van der Waals surface area (Å²) in [7, 11) is 0. The van der Waals surface area contributed by atoms with Crippen LogP contribution in [0.3, 0.4) is 0 Å². The smallest absolute Gasteiger partial charge is 0.244 e. The van der Waals surface area contributed by atoms with Crippen molar-refractivity contribution in [3.63, 3.8) is 0 Å². The number of carbonyl (C=O) groups is 1. The molecule has 0 radical (unpaired) electrons. The van der Waals surface area contributed by atoms with Crippen LogP contribution < -0.4 is 11.1 Å². The summed E-state index contributed by atoms with van der Waals surface area (Å²) in [6.45, 7) is 2.43. The van der Waals surface area contributed by atoms with Crippen molar-refractivity contribution in [2.45, 2.75) is 44.6 Å². The number of carbonyl (C=O) groups excluding carboxylic acids is 1. The fourth-order valence-corrected chi connectivity index (χ4v) is 2.57. The Morgan fingerprint density at radius 2 is 2.05 bits per heavy atom. The third-order valence-electron chi connectivity index (χ3n) is 3.96. The molecule has 1 aromatic carbocycles. The van der Waals surface area contributed by atoms with Gasteiger partial charge in [-0.3, -0.25) is 4.79 Å². The Balaban J connectivity index is 1.86. The van der Waals surface area contributed by atoms with Crippen molar-refractivity contribution in [2.24, 2.45) is 5.73 Å². The number of nitrogens with two attached hydrogens (primary N) is 1. The number of amides is 1. The van der Waals surface area contributed by atoms with E-state index in [-0.39, 0.29) is 5.91 Å². The van der Waals surface area contributed by atoms with Crippen LogP contribution in [0.1, 0.15) is 44.6 Å². The van der Waals surface area contributed by atoms with Crippen LogP contribution in [-0.2, 0) is 10.3 Å². The van der Waals surface area contributed by atoms with Crippen LogP contribution in [0.2, 0.25) is 0 Å². The number of rotatable bonds is 5. The lowest BCUT2D eigenvalue weighted by Gasteiger charge is -2.24. The highest BCUT2D eigenvalue weighted by molar-refractivity contribution is 5.86. The number of hydrogen-bond acceptors (Lipinski definition) is 2. The lowest BCUT2D eigenvalue weighted by molar-refractivity contribution is -0.126. The van der Waals surface area contributed by atoms with Crippen molar-refractivity contribution in [3.05, 3.63) is 47.5 Å². The van der Waals surface area contributed by atoms with E-state index in [1.807, 2.05) is 30.3 Å². The molecule has 2 rings (SSSR count). The average molecular weight is 272 g/mol. The molecular formula is C17H24N2O. The first kappa shape index (κ1) is 14.8. The van der Waals surface area contributed by atoms with Gasteiger partial charge in [-0.2, -0.15) is 0 Å². The van der Waals surface area contributed by atoms with E-state index < -0.39 is 5.54 Å². The summed E-state index contributed by atoms with van der Waals surface area (Å²) >= 11 is 0. The predicted molar refractivity (Wildman–Crippen MR) is 82.2 cm³/mol. The fourth-order valence-electron chi connectivity index (χ4n) is 2.57. The van der Waals surface area contributed by atoms with E-state index in [2.05, 4.69) is 11.4 Å². The Morgan fingerprint density at radius 1 is 1.30 bits per heavy atom. The molecule has 0 fully saturated rings. The standard InChI is InChI=1S/C17H24N2O/c1-17(18,15-10-6-3-7-11-15)16(20)19-13-12-14-8-4-2-5-9-14/h3,6-8,10-11H,2,4-5,9,12-13,18H2,1H3,(H,19,20). The van der Waals surface area contributed by atoms with Crippen molar-refractivity contribution in [1.29, 1.82) is 0 Å². The van der Waals surface area contributed by atoms with Gasteiger partial charge in [0.25, 0.3) is 0 Å². The normalized spacial score (nSPS) is 18.0. The molecule has 0 heterocycles. The number of benzene rings is 1. The molecule has 1 amide bonds. The van der Waals surface area contributed by atoms with Crippen molar-refractivity contribution in [3.8, 4) is 0 Å². The Morgan fingerprint density at radius 3 is 2.70 bits per heavy atom. The van der Waals surface area contributed by atoms with Crippen molar-refractivity contribution in [2.75, 3.05) is 6.54 Å². The van der Waals surface area contributed by atoms with Crippen molar-refractivity contribution < 1.29 is 4.79 Å². The summed E-state index contributed by atoms with van der Waals surface area (Å²) in [5.74, 6) is -0.111. The number of hydrogen-bond donors (Lipinski definition) is 2. The second-order valence-electron chi connectivity index (χ2n) is 5.68. The number of nitrogens with one attached hydrogen (secondary N) is 1. The van der Waals surface area contributed by atoms with Gasteiger partial charge in [0.05, 0.1) is 0 Å². The van der Waals surface area contributed by atoms with Crippen LogP contribution in [0.5, 0.6) is 0 Å². The van der Waals surface area contributed by atoms with Crippen molar-refractivity contribution >= 4 is 5.91 Å². The summed E-state index contributed by atoms with van der Waals surface area (Å²) in [5.41, 5.74) is 7.51. The molecule has 1 aromatic rings. The van der Waals surface area contributed by atoms with E-state index in [1.54, 1.807) is 6.92 Å². The minimum absolute atomic E-state index is 0.111. The van der Waals surface area contributed by atoms with E-state index in [0.717, 1.165) is 12.0 Å². The molecule has 108 valence electrons. The third kappa shape index (κ3) is 3.70. The molecule has 3 heteroatoms. The first-order valence-electron chi connectivity index (χ1n) is 7.41. The summed E-state index contributed by atoms with van der Waals surface area (Å²) in [6.07, 6.45) is 8.19. The van der Waals surface area contributed by atoms with Crippen LogP contribution in [0, 0.1) is 0 Å². The van der Waals surface area contributed by atoms with Crippen LogP contribution >= 0.6 is 0 Å². The minimum Gasteiger partial charge on any atom is -0.354 e. The zero-order valence-electron chi connectivity index (χ0n) is 12.2. The summed E-state index contributed by atoms with van der Waals surface area (Å²) in [4.78, 5) is 12.3. The van der Waals surface area contributed by atoms with Gasteiger partial charge in [0.1, 0.15) is 5.54 Å². The largest absolute Gasteiger partial charge is 0.354 e. The first-order chi connectivity index (χ1) is 9.60. The molecule has 0 spiro atoms. The Hall–Kier alpha value is -1.61. The third-order valence-corrected chi connectivity index (χ3v) is 3.96. The molecule has 0 saturated carbocycles. The second kappa shape index (κ2) is 6.71. The molecule has 0 aliphatic heterocycles. The Bertz CT molecular complexity index is 477. The highest BCUT2D eigenvalue weighted by atomic mass is 16.2. The van der Waals surface area contributed by atoms with Crippen molar-refractivity contribution in [1.82, 2.24) is 5.32 Å². The molecule has 0 aromatic heterocycles. The molecule has 1 unspecified atom stereocenters. The van der Waals surface area contributed by atoms with Crippen LogP contribution in [-0.4, -0.2) is 12.5 Å². The quantitative estimate of drug-likeness (QED) is 0.810. The molecule has 0 bridgehead atoms. The van der Waals surface area contributed by atoms with E-state index in [1.165, 1.54) is 31.3 Å². The molecule has 20 heavy (non-hydrogen) atoms. The van der Waals surface area contributed by atoms with E-state index in [9.17, 15) is 4.79 Å². The molecular weight excluding hydrogens is 248 g/mol. The summed E-state index contributed by atoms with van der Waals surface area (Å²) < 4.78 is 0. The monoisotopic (exact) mass is 272 g/mol. The van der Waals surface area contributed by atoms with Gasteiger partial charge < -0.3 is 11.1 Å². The lowest BCUT2D eigenvalue weighted by atomic mass is 9.92. The van der Waals surface area contributed by atoms with E-state index in [4.69, 9.17) is 5.73 Å². The average Bonchev–Trinajstić information content (AvgIpc) is 2.49. The van der Waals surface area contributed by atoms with E-state index >= 15 is 0 Å². The minimum atomic E-state index is -0.970. The van der Waals surface area contributed by atoms with Crippen LogP contribution in [0.15, 0.2) is 42.0 Å².